The van der Waals surface area contributed by atoms with Gasteiger partial charge in [0.15, 0.2) is 5.78 Å². The number of hydrogen-bond donors (Lipinski definition) is 0. The summed E-state index contributed by atoms with van der Waals surface area (Å²) >= 11 is 1.55. The second-order valence-electron chi connectivity index (χ2n) is 3.09. The molecule has 0 unspecified atom stereocenters. The molecule has 2 aromatic heterocycles. The van der Waals surface area contributed by atoms with Gasteiger partial charge in [-0.25, -0.2) is 4.98 Å². The van der Waals surface area contributed by atoms with Crippen molar-refractivity contribution in [1.82, 2.24) is 15.2 Å². The number of Topliss-reactive ketones (excluding diaryl/α,β-unsaturated/α-hetero) is 1. The number of ketones is 1. The van der Waals surface area contributed by atoms with Crippen molar-refractivity contribution in [1.29, 1.82) is 0 Å². The molecular formula is C10H9N3OS. The standard InChI is InChI=1S/C10H9N3OS/c1-7-13-9(6-15-7)4-10(14)8-2-3-11-12-5-8/h2-3,5-6H,4H2,1H3. The Labute approximate surface area is 91.0 Å². The lowest BCUT2D eigenvalue weighted by Crippen LogP contribution is -2.04. The van der Waals surface area contributed by atoms with Crippen molar-refractivity contribution in [2.24, 2.45) is 0 Å². The van der Waals surface area contributed by atoms with Gasteiger partial charge in [0.05, 0.1) is 29.5 Å². The van der Waals surface area contributed by atoms with Crippen LogP contribution in [0.4, 0.5) is 0 Å². The minimum absolute atomic E-state index is 0.0233. The van der Waals surface area contributed by atoms with Crippen LogP contribution in [0.1, 0.15) is 21.1 Å². The summed E-state index contributed by atoms with van der Waals surface area (Å²) in [5.41, 5.74) is 1.40. The fourth-order valence-corrected chi connectivity index (χ4v) is 1.82. The second kappa shape index (κ2) is 4.27. The van der Waals surface area contributed by atoms with Crippen molar-refractivity contribution < 1.29 is 4.79 Å². The highest BCUT2D eigenvalue weighted by atomic mass is 32.1. The van der Waals surface area contributed by atoms with Crippen molar-refractivity contribution in [2.75, 3.05) is 0 Å². The van der Waals surface area contributed by atoms with E-state index in [9.17, 15) is 4.79 Å². The van der Waals surface area contributed by atoms with Crippen LogP contribution in [0.3, 0.4) is 0 Å². The van der Waals surface area contributed by atoms with E-state index in [4.69, 9.17) is 0 Å². The van der Waals surface area contributed by atoms with Gasteiger partial charge in [-0.1, -0.05) is 0 Å². The SMILES string of the molecule is Cc1nc(CC(=O)c2ccnnc2)cs1. The zero-order chi connectivity index (χ0) is 10.7. The van der Waals surface area contributed by atoms with E-state index in [1.165, 1.54) is 12.4 Å². The Bertz CT molecular complexity index is 467. The van der Waals surface area contributed by atoms with Gasteiger partial charge in [-0.05, 0) is 13.0 Å². The van der Waals surface area contributed by atoms with Crippen molar-refractivity contribution in [3.63, 3.8) is 0 Å². The summed E-state index contributed by atoms with van der Waals surface area (Å²) in [6.45, 7) is 1.92. The fourth-order valence-electron chi connectivity index (χ4n) is 1.21. The number of aromatic nitrogens is 3. The van der Waals surface area contributed by atoms with E-state index in [1.54, 1.807) is 17.4 Å². The summed E-state index contributed by atoms with van der Waals surface area (Å²) in [5.74, 6) is 0.0233. The first-order valence-electron chi connectivity index (χ1n) is 4.46. The van der Waals surface area contributed by atoms with E-state index < -0.39 is 0 Å². The molecule has 0 saturated heterocycles. The predicted molar refractivity (Wildman–Crippen MR) is 56.9 cm³/mol. The molecule has 0 saturated carbocycles. The maximum absolute atomic E-state index is 11.7. The maximum atomic E-state index is 11.7. The van der Waals surface area contributed by atoms with E-state index >= 15 is 0 Å². The van der Waals surface area contributed by atoms with Crippen LogP contribution < -0.4 is 0 Å². The Morgan fingerprint density at radius 1 is 1.47 bits per heavy atom. The molecule has 0 spiro atoms. The van der Waals surface area contributed by atoms with Crippen molar-refractivity contribution in [3.05, 3.63) is 40.1 Å². The Balaban J connectivity index is 2.11. The van der Waals surface area contributed by atoms with Crippen LogP contribution in [-0.4, -0.2) is 21.0 Å². The third-order valence-corrected chi connectivity index (χ3v) is 2.74. The van der Waals surface area contributed by atoms with E-state index in [0.29, 0.717) is 12.0 Å². The van der Waals surface area contributed by atoms with Gasteiger partial charge in [0.2, 0.25) is 0 Å². The zero-order valence-electron chi connectivity index (χ0n) is 8.17. The van der Waals surface area contributed by atoms with Gasteiger partial charge >= 0.3 is 0 Å². The lowest BCUT2D eigenvalue weighted by molar-refractivity contribution is 0.0991. The average molecular weight is 219 g/mol. The van der Waals surface area contributed by atoms with Gasteiger partial charge < -0.3 is 0 Å². The first kappa shape index (κ1) is 9.92. The Kier molecular flexibility index (Phi) is 2.82. The van der Waals surface area contributed by atoms with Gasteiger partial charge in [0.1, 0.15) is 0 Å². The topological polar surface area (TPSA) is 55.7 Å². The van der Waals surface area contributed by atoms with Crippen LogP contribution in [0.5, 0.6) is 0 Å². The van der Waals surface area contributed by atoms with Crippen molar-refractivity contribution in [3.8, 4) is 0 Å². The predicted octanol–water partition coefficient (Wildman–Crippen LogP) is 1.67. The van der Waals surface area contributed by atoms with E-state index in [0.717, 1.165) is 10.7 Å². The molecule has 0 atom stereocenters. The lowest BCUT2D eigenvalue weighted by atomic mass is 10.1. The van der Waals surface area contributed by atoms with E-state index in [-0.39, 0.29) is 5.78 Å². The molecule has 0 aliphatic carbocycles. The van der Waals surface area contributed by atoms with Crippen molar-refractivity contribution >= 4 is 17.1 Å². The molecule has 5 heteroatoms. The summed E-state index contributed by atoms with van der Waals surface area (Å²) < 4.78 is 0. The number of nitrogens with zero attached hydrogens (tertiary/aromatic N) is 3. The molecule has 0 radical (unpaired) electrons. The summed E-state index contributed by atoms with van der Waals surface area (Å²) in [7, 11) is 0. The Hall–Kier alpha value is -1.62. The Morgan fingerprint density at radius 2 is 2.33 bits per heavy atom. The van der Waals surface area contributed by atoms with Crippen LogP contribution in [0.15, 0.2) is 23.8 Å². The highest BCUT2D eigenvalue weighted by Crippen LogP contribution is 2.10. The van der Waals surface area contributed by atoms with Crippen LogP contribution in [0.2, 0.25) is 0 Å². The third kappa shape index (κ3) is 2.44. The molecule has 0 bridgehead atoms. The molecule has 2 heterocycles. The number of thiazole rings is 1. The molecule has 76 valence electrons. The normalized spacial score (nSPS) is 10.2. The van der Waals surface area contributed by atoms with Crippen LogP contribution >= 0.6 is 11.3 Å². The number of carbonyl (C=O) groups is 1. The lowest BCUT2D eigenvalue weighted by Gasteiger charge is -1.96. The quantitative estimate of drug-likeness (QED) is 0.737. The van der Waals surface area contributed by atoms with Gasteiger partial charge in [-0.15, -0.1) is 11.3 Å². The van der Waals surface area contributed by atoms with E-state index in [1.807, 2.05) is 12.3 Å². The molecule has 0 amide bonds. The van der Waals surface area contributed by atoms with Gasteiger partial charge in [-0.3, -0.25) is 4.79 Å². The number of rotatable bonds is 3. The summed E-state index contributed by atoms with van der Waals surface area (Å²) in [4.78, 5) is 16.0. The van der Waals surface area contributed by atoms with Gasteiger partial charge in [0.25, 0.3) is 0 Å². The fraction of sp³-hybridized carbons (Fsp3) is 0.200. The number of aryl methyl sites for hydroxylation is 1. The average Bonchev–Trinajstić information content (AvgIpc) is 2.65. The number of carbonyl (C=O) groups excluding carboxylic acids is 1. The molecule has 15 heavy (non-hydrogen) atoms. The molecule has 2 aromatic rings. The highest BCUT2D eigenvalue weighted by Gasteiger charge is 2.08. The van der Waals surface area contributed by atoms with Crippen LogP contribution in [-0.2, 0) is 6.42 Å². The summed E-state index contributed by atoms with van der Waals surface area (Å²) in [5, 5.41) is 10.2. The van der Waals surface area contributed by atoms with Crippen LogP contribution in [0.25, 0.3) is 0 Å². The minimum Gasteiger partial charge on any atom is -0.294 e. The molecule has 0 aromatic carbocycles. The Morgan fingerprint density at radius 3 is 2.93 bits per heavy atom. The van der Waals surface area contributed by atoms with Gasteiger partial charge in [-0.2, -0.15) is 10.2 Å². The summed E-state index contributed by atoms with van der Waals surface area (Å²) in [6, 6.07) is 1.66. The maximum Gasteiger partial charge on any atom is 0.170 e. The smallest absolute Gasteiger partial charge is 0.170 e. The van der Waals surface area contributed by atoms with Crippen LogP contribution in [0, 0.1) is 6.92 Å². The van der Waals surface area contributed by atoms with Crippen molar-refractivity contribution in [2.45, 2.75) is 13.3 Å². The largest absolute Gasteiger partial charge is 0.294 e. The minimum atomic E-state index is 0.0233. The molecule has 0 fully saturated rings. The molecule has 0 N–H and O–H groups in total. The highest BCUT2D eigenvalue weighted by molar-refractivity contribution is 7.09. The molecular weight excluding hydrogens is 210 g/mol. The number of hydrogen-bond acceptors (Lipinski definition) is 5. The molecule has 0 aliphatic heterocycles. The monoisotopic (exact) mass is 219 g/mol. The van der Waals surface area contributed by atoms with Gasteiger partial charge in [0, 0.05) is 10.9 Å². The first-order valence-corrected chi connectivity index (χ1v) is 5.34. The summed E-state index contributed by atoms with van der Waals surface area (Å²) in [6.07, 6.45) is 3.32. The third-order valence-electron chi connectivity index (χ3n) is 1.91. The molecule has 4 nitrogen and oxygen atoms in total. The van der Waals surface area contributed by atoms with E-state index in [2.05, 4.69) is 15.2 Å². The molecule has 0 aliphatic rings. The zero-order valence-corrected chi connectivity index (χ0v) is 8.99. The molecule has 2 rings (SSSR count). The second-order valence-corrected chi connectivity index (χ2v) is 4.15. The first-order chi connectivity index (χ1) is 7.25.